The first kappa shape index (κ1) is 31.6. The Kier molecular flexibility index (Phi) is 10.8. The molecule has 0 aliphatic carbocycles. The van der Waals surface area contributed by atoms with E-state index in [1.54, 1.807) is 13.0 Å². The number of aryl methyl sites for hydroxylation is 1. The van der Waals surface area contributed by atoms with Crippen LogP contribution in [0.4, 0.5) is 39.9 Å². The first-order valence-corrected chi connectivity index (χ1v) is 11.7. The highest BCUT2D eigenvalue weighted by Gasteiger charge is 2.37. The number of likely N-dealkylation sites (tertiary alicyclic amines) is 1. The zero-order valence-electron chi connectivity index (χ0n) is 20.4. The van der Waals surface area contributed by atoms with E-state index in [0.717, 1.165) is 0 Å². The van der Waals surface area contributed by atoms with Crippen LogP contribution in [0.25, 0.3) is 0 Å². The molecule has 0 spiro atoms. The molecule has 1 aliphatic heterocycles. The fourth-order valence-electron chi connectivity index (χ4n) is 4.54. The summed E-state index contributed by atoms with van der Waals surface area (Å²) in [7, 11) is 0. The Balaban J connectivity index is 0.00000507. The molecular weight excluding hydrogens is 546 g/mol. The molecule has 0 unspecified atom stereocenters. The Morgan fingerprint density at radius 2 is 1.63 bits per heavy atom. The second-order valence-corrected chi connectivity index (χ2v) is 8.97. The lowest BCUT2D eigenvalue weighted by Crippen LogP contribution is -2.50. The monoisotopic (exact) mass is 573 g/mol. The Labute approximate surface area is 221 Å². The third-order valence-electron chi connectivity index (χ3n) is 6.32. The molecule has 1 fully saturated rings. The molecule has 212 valence electrons. The lowest BCUT2D eigenvalue weighted by atomic mass is 9.89. The van der Waals surface area contributed by atoms with Gasteiger partial charge in [0, 0.05) is 25.7 Å². The predicted octanol–water partition coefficient (Wildman–Crippen LogP) is 6.61. The van der Waals surface area contributed by atoms with Gasteiger partial charge in [0.05, 0.1) is 17.2 Å². The van der Waals surface area contributed by atoms with E-state index >= 15 is 0 Å². The quantitative estimate of drug-likeness (QED) is 0.366. The molecule has 2 atom stereocenters. The van der Waals surface area contributed by atoms with Gasteiger partial charge in [0.25, 0.3) is 0 Å². The van der Waals surface area contributed by atoms with Crippen LogP contribution in [0, 0.1) is 12.7 Å². The van der Waals surface area contributed by atoms with E-state index in [1.165, 1.54) is 17.0 Å². The largest absolute Gasteiger partial charge is 0.416 e. The second kappa shape index (κ2) is 13.0. The fourth-order valence-corrected chi connectivity index (χ4v) is 4.54. The van der Waals surface area contributed by atoms with Crippen molar-refractivity contribution < 1.29 is 39.9 Å². The summed E-state index contributed by atoms with van der Waals surface area (Å²) < 4.78 is 105. The summed E-state index contributed by atoms with van der Waals surface area (Å²) in [6.45, 7) is 1.33. The zero-order valence-corrected chi connectivity index (χ0v) is 21.2. The van der Waals surface area contributed by atoms with E-state index in [0.29, 0.717) is 36.1 Å². The van der Waals surface area contributed by atoms with Crippen LogP contribution in [0.2, 0.25) is 0 Å². The minimum Gasteiger partial charge on any atom is -0.338 e. The van der Waals surface area contributed by atoms with Gasteiger partial charge in [-0.2, -0.15) is 26.3 Å². The minimum atomic E-state index is -4.96. The van der Waals surface area contributed by atoms with Crippen molar-refractivity contribution in [2.45, 2.75) is 50.6 Å². The van der Waals surface area contributed by atoms with Crippen molar-refractivity contribution in [3.8, 4) is 0 Å². The van der Waals surface area contributed by atoms with Crippen LogP contribution in [-0.4, -0.2) is 43.3 Å². The molecule has 4 nitrogen and oxygen atoms in total. The maximum atomic E-state index is 13.7. The Hall–Kier alpha value is -2.60. The third-order valence-corrected chi connectivity index (χ3v) is 6.32. The summed E-state index contributed by atoms with van der Waals surface area (Å²) >= 11 is 0. The molecule has 0 aromatic heterocycles. The molecule has 2 amide bonds. The highest BCUT2D eigenvalue weighted by Crippen LogP contribution is 2.37. The highest BCUT2D eigenvalue weighted by molar-refractivity contribution is 5.85. The van der Waals surface area contributed by atoms with Gasteiger partial charge in [-0.05, 0) is 73.2 Å². The van der Waals surface area contributed by atoms with Crippen LogP contribution in [0.5, 0.6) is 0 Å². The highest BCUT2D eigenvalue weighted by atomic mass is 35.5. The van der Waals surface area contributed by atoms with Crippen molar-refractivity contribution in [1.29, 1.82) is 0 Å². The summed E-state index contributed by atoms with van der Waals surface area (Å²) in [6, 6.07) is 4.34. The predicted molar refractivity (Wildman–Crippen MR) is 128 cm³/mol. The van der Waals surface area contributed by atoms with Gasteiger partial charge in [0.15, 0.2) is 0 Å². The van der Waals surface area contributed by atoms with E-state index in [9.17, 15) is 39.9 Å². The average molecular weight is 574 g/mol. The number of amides is 2. The number of alkyl halides is 7. The van der Waals surface area contributed by atoms with E-state index in [2.05, 4.69) is 10.6 Å². The van der Waals surface area contributed by atoms with Crippen molar-refractivity contribution in [2.75, 3.05) is 26.3 Å². The van der Waals surface area contributed by atoms with Crippen LogP contribution in [0.3, 0.4) is 0 Å². The van der Waals surface area contributed by atoms with Gasteiger partial charge in [0.1, 0.15) is 12.5 Å². The van der Waals surface area contributed by atoms with Crippen molar-refractivity contribution >= 4 is 18.4 Å². The number of hydrogen-bond acceptors (Lipinski definition) is 2. The number of benzene rings is 2. The standard InChI is InChI=1S/C25H27F8N3O.ClH/c1-15-10-19(27)2-3-21(15)22-14-20(34-8-6-26)5-9-36(22)23(37)35-7-4-16-11-17(24(28,29)30)13-18(12-16)25(31,32)33;/h2-3,10-13,20,22,34H,4-9,14H2,1H3,(H,35,37);1H/t20-,22+;/m0./s1. The maximum absolute atomic E-state index is 13.7. The first-order chi connectivity index (χ1) is 17.3. The molecule has 2 aromatic rings. The first-order valence-electron chi connectivity index (χ1n) is 11.7. The van der Waals surface area contributed by atoms with Crippen molar-refractivity contribution in [2.24, 2.45) is 0 Å². The molecule has 1 saturated heterocycles. The molecule has 1 heterocycles. The number of nitrogens with zero attached hydrogens (tertiary/aromatic N) is 1. The van der Waals surface area contributed by atoms with Gasteiger partial charge in [-0.1, -0.05) is 6.07 Å². The van der Waals surface area contributed by atoms with E-state index in [1.807, 2.05) is 0 Å². The number of rotatable bonds is 7. The maximum Gasteiger partial charge on any atom is 0.416 e. The summed E-state index contributed by atoms with van der Waals surface area (Å²) in [5.41, 5.74) is -1.76. The summed E-state index contributed by atoms with van der Waals surface area (Å²) in [4.78, 5) is 14.5. The Morgan fingerprint density at radius 1 is 1.00 bits per heavy atom. The van der Waals surface area contributed by atoms with Crippen LogP contribution in [0.15, 0.2) is 36.4 Å². The number of piperidine rings is 1. The number of carbonyl (C=O) groups is 1. The van der Waals surface area contributed by atoms with Crippen LogP contribution in [0.1, 0.15) is 46.7 Å². The van der Waals surface area contributed by atoms with Crippen LogP contribution in [-0.2, 0) is 18.8 Å². The summed E-state index contributed by atoms with van der Waals surface area (Å²) in [6.07, 6.45) is -9.25. The SMILES string of the molecule is Cc1cc(F)ccc1[C@H]1C[C@@H](NCCF)CCN1C(=O)NCCc1cc(C(F)(F)F)cc(C(F)(F)F)c1.Cl. The topological polar surface area (TPSA) is 44.4 Å². The summed E-state index contributed by atoms with van der Waals surface area (Å²) in [5, 5.41) is 5.65. The molecule has 0 saturated carbocycles. The molecule has 0 radical (unpaired) electrons. The smallest absolute Gasteiger partial charge is 0.338 e. The van der Waals surface area contributed by atoms with E-state index in [4.69, 9.17) is 0 Å². The van der Waals surface area contributed by atoms with Crippen molar-refractivity contribution in [3.05, 3.63) is 70.0 Å². The molecule has 1 aliphatic rings. The van der Waals surface area contributed by atoms with Crippen molar-refractivity contribution in [3.63, 3.8) is 0 Å². The van der Waals surface area contributed by atoms with E-state index in [-0.39, 0.29) is 56.1 Å². The summed E-state index contributed by atoms with van der Waals surface area (Å²) in [5.74, 6) is -0.445. The van der Waals surface area contributed by atoms with Gasteiger partial charge < -0.3 is 15.5 Å². The van der Waals surface area contributed by atoms with Gasteiger partial charge in [-0.15, -0.1) is 12.4 Å². The second-order valence-electron chi connectivity index (χ2n) is 8.97. The lowest BCUT2D eigenvalue weighted by molar-refractivity contribution is -0.143. The van der Waals surface area contributed by atoms with Gasteiger partial charge in [-0.3, -0.25) is 0 Å². The molecular formula is C25H28ClF8N3O. The van der Waals surface area contributed by atoms with Crippen LogP contribution < -0.4 is 10.6 Å². The Bertz CT molecular complexity index is 1060. The van der Waals surface area contributed by atoms with Gasteiger partial charge in [0.2, 0.25) is 0 Å². The van der Waals surface area contributed by atoms with Crippen LogP contribution >= 0.6 is 12.4 Å². The Morgan fingerprint density at radius 3 is 2.18 bits per heavy atom. The number of nitrogens with one attached hydrogen (secondary N) is 2. The number of carbonyl (C=O) groups excluding carboxylic acids is 1. The van der Waals surface area contributed by atoms with E-state index < -0.39 is 48.0 Å². The molecule has 13 heteroatoms. The number of hydrogen-bond donors (Lipinski definition) is 2. The lowest BCUT2D eigenvalue weighted by Gasteiger charge is -2.40. The molecule has 38 heavy (non-hydrogen) atoms. The van der Waals surface area contributed by atoms with Gasteiger partial charge in [-0.25, -0.2) is 13.6 Å². The number of urea groups is 1. The third kappa shape index (κ3) is 8.20. The fraction of sp³-hybridized carbons (Fsp3) is 0.480. The molecule has 0 bridgehead atoms. The molecule has 2 N–H and O–H groups in total. The normalized spacial score (nSPS) is 18.2. The minimum absolute atomic E-state index is 0. The van der Waals surface area contributed by atoms with Crippen molar-refractivity contribution in [1.82, 2.24) is 15.5 Å². The molecule has 3 rings (SSSR count). The number of halogens is 9. The van der Waals surface area contributed by atoms with Gasteiger partial charge >= 0.3 is 18.4 Å². The zero-order chi connectivity index (χ0) is 27.4. The molecule has 2 aromatic carbocycles. The average Bonchev–Trinajstić information content (AvgIpc) is 2.81.